The van der Waals surface area contributed by atoms with Gasteiger partial charge in [0.05, 0.1) is 17.3 Å². The largest absolute Gasteiger partial charge is 0.433 e. The van der Waals surface area contributed by atoms with Gasteiger partial charge in [0.15, 0.2) is 5.69 Å². The summed E-state index contributed by atoms with van der Waals surface area (Å²) in [6.45, 7) is 5.91. The molecule has 1 aliphatic rings. The smallest absolute Gasteiger partial charge is 0.371 e. The Morgan fingerprint density at radius 3 is 2.43 bits per heavy atom. The summed E-state index contributed by atoms with van der Waals surface area (Å²) < 4.78 is 42.2. The summed E-state index contributed by atoms with van der Waals surface area (Å²) in [4.78, 5) is 18.3. The second-order valence-corrected chi connectivity index (χ2v) is 10.4. The Morgan fingerprint density at radius 1 is 1.14 bits per heavy atom. The van der Waals surface area contributed by atoms with Gasteiger partial charge in [0.25, 0.3) is 5.91 Å². The Bertz CT molecular complexity index is 1230. The van der Waals surface area contributed by atoms with Gasteiger partial charge in [-0.15, -0.1) is 5.10 Å². The predicted molar refractivity (Wildman–Crippen MR) is 129 cm³/mol. The van der Waals surface area contributed by atoms with Crippen LogP contribution in [0.4, 0.5) is 18.9 Å². The van der Waals surface area contributed by atoms with Crippen molar-refractivity contribution in [1.29, 1.82) is 0 Å². The third-order valence-corrected chi connectivity index (χ3v) is 6.65. The molecule has 0 unspecified atom stereocenters. The molecule has 1 fully saturated rings. The molecule has 188 valence electrons. The van der Waals surface area contributed by atoms with Crippen molar-refractivity contribution in [2.75, 3.05) is 11.9 Å². The van der Waals surface area contributed by atoms with Gasteiger partial charge in [-0.05, 0) is 70.7 Å². The maximum atomic E-state index is 13.5. The molecule has 1 aromatic carbocycles. The number of aromatic nitrogens is 4. The SMILES string of the molecule is CN(c1cc(C(F)(F)F)nc2ccc(Cl)cc12)[C@H]1CC[C@@H](NC(=O)c2cn(C(C)(C)C)nn2)CC1. The average Bonchev–Trinajstić information content (AvgIpc) is 3.29. The second kappa shape index (κ2) is 9.29. The van der Waals surface area contributed by atoms with E-state index in [1.54, 1.807) is 24.0 Å². The fourth-order valence-electron chi connectivity index (χ4n) is 4.38. The summed E-state index contributed by atoms with van der Waals surface area (Å²) in [7, 11) is 1.80. The lowest BCUT2D eigenvalue weighted by atomic mass is 9.89. The molecule has 1 amide bonds. The molecule has 2 aromatic heterocycles. The number of halogens is 4. The molecule has 2 heterocycles. The van der Waals surface area contributed by atoms with Gasteiger partial charge < -0.3 is 10.2 Å². The maximum Gasteiger partial charge on any atom is 0.433 e. The van der Waals surface area contributed by atoms with Crippen LogP contribution >= 0.6 is 11.6 Å². The Morgan fingerprint density at radius 2 is 1.83 bits per heavy atom. The second-order valence-electron chi connectivity index (χ2n) is 9.99. The molecule has 0 atom stereocenters. The number of hydrogen-bond acceptors (Lipinski definition) is 5. The van der Waals surface area contributed by atoms with Crippen LogP contribution in [0.15, 0.2) is 30.5 Å². The van der Waals surface area contributed by atoms with Crippen LogP contribution in [0.5, 0.6) is 0 Å². The summed E-state index contributed by atoms with van der Waals surface area (Å²) in [5.74, 6) is -0.276. The number of carbonyl (C=O) groups excluding carboxylic acids is 1. The van der Waals surface area contributed by atoms with E-state index >= 15 is 0 Å². The van der Waals surface area contributed by atoms with Crippen molar-refractivity contribution in [2.45, 2.75) is 70.3 Å². The van der Waals surface area contributed by atoms with E-state index in [1.165, 1.54) is 12.1 Å². The first kappa shape index (κ1) is 25.2. The minimum Gasteiger partial charge on any atom is -0.371 e. The van der Waals surface area contributed by atoms with Crippen LogP contribution in [-0.2, 0) is 11.7 Å². The minimum absolute atomic E-state index is 0.00980. The highest BCUT2D eigenvalue weighted by Gasteiger charge is 2.35. The molecule has 0 aliphatic heterocycles. The van der Waals surface area contributed by atoms with Crippen molar-refractivity contribution < 1.29 is 18.0 Å². The van der Waals surface area contributed by atoms with Crippen molar-refractivity contribution >= 4 is 34.1 Å². The van der Waals surface area contributed by atoms with E-state index in [9.17, 15) is 18.0 Å². The van der Waals surface area contributed by atoms with Gasteiger partial charge >= 0.3 is 6.18 Å². The third-order valence-electron chi connectivity index (χ3n) is 6.41. The average molecular weight is 509 g/mol. The Balaban J connectivity index is 1.46. The molecular formula is C24H28ClF3N6O. The molecule has 35 heavy (non-hydrogen) atoms. The molecule has 4 rings (SSSR count). The van der Waals surface area contributed by atoms with Crippen LogP contribution in [0, 0.1) is 0 Å². The molecule has 1 saturated carbocycles. The molecule has 0 radical (unpaired) electrons. The van der Waals surface area contributed by atoms with Crippen LogP contribution in [0.2, 0.25) is 5.02 Å². The van der Waals surface area contributed by atoms with Gasteiger partial charge in [0.1, 0.15) is 5.69 Å². The predicted octanol–water partition coefficient (Wildman–Crippen LogP) is 5.43. The normalized spacial score (nSPS) is 19.1. The summed E-state index contributed by atoms with van der Waals surface area (Å²) in [5, 5.41) is 12.0. The van der Waals surface area contributed by atoms with Crippen molar-refractivity contribution in [3.05, 3.63) is 46.9 Å². The van der Waals surface area contributed by atoms with Crippen molar-refractivity contribution in [3.8, 4) is 0 Å². The number of benzene rings is 1. The first-order valence-electron chi connectivity index (χ1n) is 11.5. The van der Waals surface area contributed by atoms with E-state index in [1.807, 2.05) is 25.7 Å². The molecular weight excluding hydrogens is 481 g/mol. The monoisotopic (exact) mass is 508 g/mol. The zero-order chi connectivity index (χ0) is 25.5. The van der Waals surface area contributed by atoms with Gasteiger partial charge in [-0.2, -0.15) is 13.2 Å². The quantitative estimate of drug-likeness (QED) is 0.508. The van der Waals surface area contributed by atoms with Crippen molar-refractivity contribution in [1.82, 2.24) is 25.3 Å². The maximum absolute atomic E-state index is 13.5. The number of fused-ring (bicyclic) bond motifs is 1. The zero-order valence-corrected chi connectivity index (χ0v) is 20.8. The lowest BCUT2D eigenvalue weighted by molar-refractivity contribution is -0.140. The van der Waals surface area contributed by atoms with Gasteiger partial charge in [-0.3, -0.25) is 4.79 Å². The highest BCUT2D eigenvalue weighted by molar-refractivity contribution is 6.31. The fraction of sp³-hybridized carbons (Fsp3) is 0.500. The topological polar surface area (TPSA) is 75.9 Å². The van der Waals surface area contributed by atoms with Crippen LogP contribution in [-0.4, -0.2) is 45.0 Å². The first-order valence-corrected chi connectivity index (χ1v) is 11.8. The van der Waals surface area contributed by atoms with Crippen LogP contribution in [0.25, 0.3) is 10.9 Å². The summed E-state index contributed by atoms with van der Waals surface area (Å²) in [6.07, 6.45) is -0.106. The number of hydrogen-bond donors (Lipinski definition) is 1. The molecule has 0 bridgehead atoms. The first-order chi connectivity index (χ1) is 16.3. The number of nitrogens with zero attached hydrogens (tertiary/aromatic N) is 5. The van der Waals surface area contributed by atoms with Crippen LogP contribution in [0.3, 0.4) is 0 Å². The van der Waals surface area contributed by atoms with E-state index in [-0.39, 0.29) is 34.7 Å². The van der Waals surface area contributed by atoms with Crippen molar-refractivity contribution in [3.63, 3.8) is 0 Å². The third kappa shape index (κ3) is 5.52. The van der Waals surface area contributed by atoms with Gasteiger partial charge in [0.2, 0.25) is 0 Å². The molecule has 1 aliphatic carbocycles. The van der Waals surface area contributed by atoms with Gasteiger partial charge in [0, 0.05) is 35.2 Å². The van der Waals surface area contributed by atoms with Gasteiger partial charge in [-0.25, -0.2) is 9.67 Å². The van der Waals surface area contributed by atoms with E-state index in [2.05, 4.69) is 20.6 Å². The summed E-state index contributed by atoms with van der Waals surface area (Å²) in [5.41, 5.74) is -0.259. The number of alkyl halides is 3. The number of nitrogens with one attached hydrogen (secondary N) is 1. The number of pyridine rings is 1. The molecule has 7 nitrogen and oxygen atoms in total. The van der Waals surface area contributed by atoms with Gasteiger partial charge in [-0.1, -0.05) is 16.8 Å². The molecule has 11 heteroatoms. The number of rotatable bonds is 4. The fourth-order valence-corrected chi connectivity index (χ4v) is 4.55. The molecule has 1 N–H and O–H groups in total. The van der Waals surface area contributed by atoms with Crippen LogP contribution in [0.1, 0.15) is 62.6 Å². The lowest BCUT2D eigenvalue weighted by Gasteiger charge is -2.36. The highest BCUT2D eigenvalue weighted by Crippen LogP contribution is 2.37. The molecule has 0 spiro atoms. The lowest BCUT2D eigenvalue weighted by Crippen LogP contribution is -2.43. The van der Waals surface area contributed by atoms with E-state index in [4.69, 9.17) is 11.6 Å². The minimum atomic E-state index is -4.56. The number of anilines is 1. The van der Waals surface area contributed by atoms with E-state index < -0.39 is 11.9 Å². The summed E-state index contributed by atoms with van der Waals surface area (Å²) >= 11 is 6.14. The Labute approximate surface area is 206 Å². The molecule has 0 saturated heterocycles. The standard InChI is InChI=1S/C24H28ClF3N6O/c1-23(2,3)34-13-19(31-32-34)22(35)29-15-6-8-16(9-7-15)33(4)20-12-21(24(26,27)28)30-18-10-5-14(25)11-17(18)20/h5,10-13,15-16H,6-9H2,1-4H3,(H,29,35)/t15-,16+. The Kier molecular flexibility index (Phi) is 6.70. The van der Waals surface area contributed by atoms with Crippen molar-refractivity contribution in [2.24, 2.45) is 0 Å². The number of carbonyl (C=O) groups is 1. The summed E-state index contributed by atoms with van der Waals surface area (Å²) in [6, 6.07) is 5.75. The molecule has 3 aromatic rings. The Hall–Kier alpha value is -2.88. The van der Waals surface area contributed by atoms with E-state index in [0.29, 0.717) is 41.8 Å². The van der Waals surface area contributed by atoms with Crippen LogP contribution < -0.4 is 10.2 Å². The highest BCUT2D eigenvalue weighted by atomic mass is 35.5. The number of amides is 1. The zero-order valence-electron chi connectivity index (χ0n) is 20.0. The van der Waals surface area contributed by atoms with E-state index in [0.717, 1.165) is 6.07 Å².